The number of thioether (sulfide) groups is 1. The molecule has 2 heteroatoms. The normalized spacial score (nSPS) is 17.2. The third-order valence-electron chi connectivity index (χ3n) is 2.49. The van der Waals surface area contributed by atoms with Gasteiger partial charge in [-0.25, -0.2) is 0 Å². The van der Waals surface area contributed by atoms with Crippen molar-refractivity contribution >= 4 is 11.8 Å². The van der Waals surface area contributed by atoms with Crippen molar-refractivity contribution < 1.29 is 0 Å². The van der Waals surface area contributed by atoms with Gasteiger partial charge in [0, 0.05) is 12.3 Å². The molecule has 1 aliphatic rings. The van der Waals surface area contributed by atoms with Crippen LogP contribution in [0.1, 0.15) is 32.1 Å². The monoisotopic (exact) mass is 199 g/mol. The maximum absolute atomic E-state index is 3.47. The Hall–Kier alpha value is 0.0500. The van der Waals surface area contributed by atoms with Crippen molar-refractivity contribution in [2.75, 3.05) is 25.1 Å². The van der Waals surface area contributed by atoms with Crippen LogP contribution in [0.25, 0.3) is 0 Å². The van der Waals surface area contributed by atoms with Gasteiger partial charge in [-0.2, -0.15) is 11.8 Å². The van der Waals surface area contributed by atoms with Crippen LogP contribution in [0.5, 0.6) is 0 Å². The zero-order valence-corrected chi connectivity index (χ0v) is 9.46. The van der Waals surface area contributed by atoms with Crippen molar-refractivity contribution in [3.8, 4) is 0 Å². The number of hydrogen-bond acceptors (Lipinski definition) is 2. The van der Waals surface area contributed by atoms with Crippen LogP contribution in [-0.4, -0.2) is 25.1 Å². The summed E-state index contributed by atoms with van der Waals surface area (Å²) in [6.07, 6.45) is 11.4. The van der Waals surface area contributed by atoms with Crippen molar-refractivity contribution in [2.24, 2.45) is 0 Å². The summed E-state index contributed by atoms with van der Waals surface area (Å²) in [6.45, 7) is 2.33. The van der Waals surface area contributed by atoms with Crippen molar-refractivity contribution in [2.45, 2.75) is 32.1 Å². The van der Waals surface area contributed by atoms with Gasteiger partial charge in [0.25, 0.3) is 0 Å². The van der Waals surface area contributed by atoms with Gasteiger partial charge in [0.1, 0.15) is 0 Å². The molecule has 0 bridgehead atoms. The molecule has 0 radical (unpaired) electrons. The Morgan fingerprint density at radius 1 is 1.38 bits per heavy atom. The van der Waals surface area contributed by atoms with Gasteiger partial charge in [0.2, 0.25) is 0 Å². The van der Waals surface area contributed by atoms with Crippen LogP contribution in [-0.2, 0) is 0 Å². The first kappa shape index (κ1) is 11.1. The molecule has 1 aliphatic carbocycles. The van der Waals surface area contributed by atoms with Gasteiger partial charge in [-0.3, -0.25) is 0 Å². The van der Waals surface area contributed by atoms with Gasteiger partial charge in [-0.15, -0.1) is 0 Å². The first-order valence-electron chi connectivity index (χ1n) is 5.31. The molecule has 1 N–H and O–H groups in total. The first-order valence-corrected chi connectivity index (χ1v) is 6.70. The van der Waals surface area contributed by atoms with Crippen LogP contribution in [0.15, 0.2) is 11.6 Å². The van der Waals surface area contributed by atoms with Crippen LogP contribution in [0, 0.1) is 0 Å². The summed E-state index contributed by atoms with van der Waals surface area (Å²) >= 11 is 1.91. The third kappa shape index (κ3) is 5.37. The summed E-state index contributed by atoms with van der Waals surface area (Å²) in [5.41, 5.74) is 1.68. The SMILES string of the molecule is CSCCNCCC1=CCCCC1. The molecule has 0 aromatic rings. The minimum Gasteiger partial charge on any atom is -0.316 e. The smallest absolute Gasteiger partial charge is 0.00553 e. The Kier molecular flexibility index (Phi) is 6.38. The van der Waals surface area contributed by atoms with Crippen molar-refractivity contribution in [1.29, 1.82) is 0 Å². The van der Waals surface area contributed by atoms with Crippen LogP contribution in [0.2, 0.25) is 0 Å². The number of nitrogens with one attached hydrogen (secondary N) is 1. The number of hydrogen-bond donors (Lipinski definition) is 1. The maximum atomic E-state index is 3.47. The predicted molar refractivity (Wildman–Crippen MR) is 62.4 cm³/mol. The summed E-state index contributed by atoms with van der Waals surface area (Å²) in [5, 5.41) is 3.47. The Balaban J connectivity index is 1.95. The lowest BCUT2D eigenvalue weighted by molar-refractivity contribution is 0.645. The molecule has 1 nitrogen and oxygen atoms in total. The predicted octanol–water partition coefficient (Wildman–Crippen LogP) is 2.83. The average Bonchev–Trinajstić information content (AvgIpc) is 2.19. The van der Waals surface area contributed by atoms with Crippen LogP contribution in [0.3, 0.4) is 0 Å². The molecule has 0 saturated carbocycles. The summed E-state index contributed by atoms with van der Waals surface area (Å²) in [4.78, 5) is 0. The molecule has 0 amide bonds. The standard InChI is InChI=1S/C11H21NS/c1-13-10-9-12-8-7-11-5-3-2-4-6-11/h5,12H,2-4,6-10H2,1H3. The van der Waals surface area contributed by atoms with E-state index in [4.69, 9.17) is 0 Å². The van der Waals surface area contributed by atoms with Gasteiger partial charge in [-0.1, -0.05) is 11.6 Å². The fraction of sp³-hybridized carbons (Fsp3) is 0.818. The Morgan fingerprint density at radius 3 is 3.00 bits per heavy atom. The lowest BCUT2D eigenvalue weighted by Crippen LogP contribution is -2.19. The van der Waals surface area contributed by atoms with E-state index < -0.39 is 0 Å². The van der Waals surface area contributed by atoms with E-state index in [9.17, 15) is 0 Å². The van der Waals surface area contributed by atoms with Crippen LogP contribution < -0.4 is 5.32 Å². The number of allylic oxidation sites excluding steroid dienone is 1. The molecule has 0 aromatic heterocycles. The first-order chi connectivity index (χ1) is 6.43. The Bertz CT molecular complexity index is 154. The van der Waals surface area contributed by atoms with Gasteiger partial charge < -0.3 is 5.32 Å². The summed E-state index contributed by atoms with van der Waals surface area (Å²) in [7, 11) is 0. The van der Waals surface area contributed by atoms with Crippen molar-refractivity contribution in [1.82, 2.24) is 5.32 Å². The minimum atomic E-state index is 1.16. The highest BCUT2D eigenvalue weighted by molar-refractivity contribution is 7.98. The van der Waals surface area contributed by atoms with E-state index >= 15 is 0 Å². The highest BCUT2D eigenvalue weighted by Crippen LogP contribution is 2.19. The molecule has 0 spiro atoms. The Labute approximate surface area is 86.4 Å². The van der Waals surface area contributed by atoms with E-state index in [1.165, 1.54) is 44.4 Å². The van der Waals surface area contributed by atoms with Gasteiger partial charge >= 0.3 is 0 Å². The maximum Gasteiger partial charge on any atom is 0.00553 e. The van der Waals surface area contributed by atoms with Gasteiger partial charge in [0.15, 0.2) is 0 Å². The fourth-order valence-corrected chi connectivity index (χ4v) is 2.03. The molecule has 0 unspecified atom stereocenters. The molecule has 1 rings (SSSR count). The van der Waals surface area contributed by atoms with E-state index in [0.29, 0.717) is 0 Å². The molecule has 13 heavy (non-hydrogen) atoms. The number of rotatable bonds is 6. The molecule has 0 atom stereocenters. The van der Waals surface area contributed by atoms with Crippen LogP contribution in [0.4, 0.5) is 0 Å². The van der Waals surface area contributed by atoms with Gasteiger partial charge in [0.05, 0.1) is 0 Å². The highest BCUT2D eigenvalue weighted by atomic mass is 32.2. The lowest BCUT2D eigenvalue weighted by Gasteiger charge is -2.12. The highest BCUT2D eigenvalue weighted by Gasteiger charge is 2.02. The van der Waals surface area contributed by atoms with Crippen molar-refractivity contribution in [3.05, 3.63) is 11.6 Å². The molecular formula is C11H21NS. The summed E-state index contributed by atoms with van der Waals surface area (Å²) in [5.74, 6) is 1.24. The molecule has 0 aromatic carbocycles. The van der Waals surface area contributed by atoms with Crippen molar-refractivity contribution in [3.63, 3.8) is 0 Å². The van der Waals surface area contributed by atoms with E-state index in [1.54, 1.807) is 5.57 Å². The zero-order chi connectivity index (χ0) is 9.36. The molecule has 0 heterocycles. The second-order valence-electron chi connectivity index (χ2n) is 3.60. The average molecular weight is 199 g/mol. The zero-order valence-electron chi connectivity index (χ0n) is 8.64. The molecule has 76 valence electrons. The second kappa shape index (κ2) is 7.45. The summed E-state index contributed by atoms with van der Waals surface area (Å²) in [6, 6.07) is 0. The molecular weight excluding hydrogens is 178 g/mol. The second-order valence-corrected chi connectivity index (χ2v) is 4.59. The molecule has 0 saturated heterocycles. The van der Waals surface area contributed by atoms with E-state index in [-0.39, 0.29) is 0 Å². The largest absolute Gasteiger partial charge is 0.316 e. The van der Waals surface area contributed by atoms with Gasteiger partial charge in [-0.05, 0) is 44.9 Å². The fourth-order valence-electron chi connectivity index (χ4n) is 1.68. The van der Waals surface area contributed by atoms with Crippen LogP contribution >= 0.6 is 11.8 Å². The van der Waals surface area contributed by atoms with E-state index in [1.807, 2.05) is 11.8 Å². The minimum absolute atomic E-state index is 1.16. The third-order valence-corrected chi connectivity index (χ3v) is 3.10. The Morgan fingerprint density at radius 2 is 2.31 bits per heavy atom. The van der Waals surface area contributed by atoms with E-state index in [2.05, 4.69) is 17.6 Å². The quantitative estimate of drug-likeness (QED) is 0.521. The molecule has 0 aliphatic heterocycles. The topological polar surface area (TPSA) is 12.0 Å². The summed E-state index contributed by atoms with van der Waals surface area (Å²) < 4.78 is 0. The molecule has 0 fully saturated rings. The lowest BCUT2D eigenvalue weighted by atomic mass is 9.97. The van der Waals surface area contributed by atoms with E-state index in [0.717, 1.165) is 6.54 Å².